The van der Waals surface area contributed by atoms with Crippen LogP contribution in [-0.4, -0.2) is 6.04 Å². The lowest BCUT2D eigenvalue weighted by atomic mass is 9.81. The Labute approximate surface area is 119 Å². The van der Waals surface area contributed by atoms with Crippen molar-refractivity contribution in [2.75, 3.05) is 0 Å². The molecule has 19 heavy (non-hydrogen) atoms. The first-order valence-electron chi connectivity index (χ1n) is 7.60. The Morgan fingerprint density at radius 3 is 2.26 bits per heavy atom. The summed E-state index contributed by atoms with van der Waals surface area (Å²) < 4.78 is 0. The summed E-state index contributed by atoms with van der Waals surface area (Å²) in [5.74, 6) is 0.568. The second-order valence-electron chi connectivity index (χ2n) is 7.25. The molecule has 0 aliphatic heterocycles. The molecule has 0 spiro atoms. The normalized spacial score (nSPS) is 13.9. The molecule has 0 unspecified atom stereocenters. The number of hydrogen-bond acceptors (Lipinski definition) is 1. The molecule has 1 rings (SSSR count). The first-order chi connectivity index (χ1) is 8.74. The Kier molecular flexibility index (Phi) is 5.61. The largest absolute Gasteiger partial charge is 0.327 e. The number of nitrogens with two attached hydrogens (primary N) is 1. The summed E-state index contributed by atoms with van der Waals surface area (Å²) in [6, 6.07) is 7.04. The van der Waals surface area contributed by atoms with E-state index in [1.165, 1.54) is 16.7 Å². The van der Waals surface area contributed by atoms with Crippen LogP contribution in [0, 0.1) is 5.41 Å². The highest BCUT2D eigenvalue weighted by Gasteiger charge is 2.18. The van der Waals surface area contributed by atoms with Crippen LogP contribution in [0.4, 0.5) is 0 Å². The highest BCUT2D eigenvalue weighted by Crippen LogP contribution is 2.29. The van der Waals surface area contributed by atoms with Gasteiger partial charge in [0.15, 0.2) is 0 Å². The fourth-order valence-electron chi connectivity index (χ4n) is 2.59. The Morgan fingerprint density at radius 2 is 1.79 bits per heavy atom. The smallest absolute Gasteiger partial charge is 0.00769 e. The van der Waals surface area contributed by atoms with E-state index < -0.39 is 0 Å². The number of rotatable bonds is 5. The summed E-state index contributed by atoms with van der Waals surface area (Å²) in [5.41, 5.74) is 11.0. The molecule has 1 heteroatoms. The minimum Gasteiger partial charge on any atom is -0.327 e. The summed E-state index contributed by atoms with van der Waals surface area (Å²) in [6.45, 7) is 13.6. The van der Waals surface area contributed by atoms with Crippen molar-refractivity contribution in [1.82, 2.24) is 0 Å². The van der Waals surface area contributed by atoms with Gasteiger partial charge >= 0.3 is 0 Å². The Bertz CT molecular complexity index is 399. The summed E-state index contributed by atoms with van der Waals surface area (Å²) in [5, 5.41) is 0. The zero-order chi connectivity index (χ0) is 14.6. The van der Waals surface area contributed by atoms with Gasteiger partial charge in [-0.05, 0) is 47.3 Å². The maximum atomic E-state index is 6.21. The van der Waals surface area contributed by atoms with Crippen molar-refractivity contribution in [2.24, 2.45) is 11.1 Å². The van der Waals surface area contributed by atoms with E-state index in [4.69, 9.17) is 5.73 Å². The summed E-state index contributed by atoms with van der Waals surface area (Å²) in [6.07, 6.45) is 3.18. The average Bonchev–Trinajstić information content (AvgIpc) is 2.28. The van der Waals surface area contributed by atoms with Gasteiger partial charge < -0.3 is 5.73 Å². The van der Waals surface area contributed by atoms with Crippen LogP contribution in [-0.2, 0) is 12.8 Å². The van der Waals surface area contributed by atoms with E-state index in [1.54, 1.807) is 0 Å². The lowest BCUT2D eigenvalue weighted by Gasteiger charge is -2.24. The van der Waals surface area contributed by atoms with Gasteiger partial charge in [-0.1, -0.05) is 59.7 Å². The third-order valence-electron chi connectivity index (χ3n) is 3.64. The standard InChI is InChI=1S/C18H31N/c1-7-15(19)11-17-14(12-18(4,5)6)9-8-10-16(17)13(2)3/h8-10,13,15H,7,11-12,19H2,1-6H3/t15-/m0/s1. The monoisotopic (exact) mass is 261 g/mol. The third-order valence-corrected chi connectivity index (χ3v) is 3.64. The molecule has 1 aromatic rings. The molecular weight excluding hydrogens is 230 g/mol. The highest BCUT2D eigenvalue weighted by atomic mass is 14.6. The molecule has 0 saturated carbocycles. The van der Waals surface area contributed by atoms with E-state index in [2.05, 4.69) is 59.7 Å². The molecule has 0 saturated heterocycles. The Hall–Kier alpha value is -0.820. The van der Waals surface area contributed by atoms with Crippen LogP contribution in [0.2, 0.25) is 0 Å². The van der Waals surface area contributed by atoms with Crippen molar-refractivity contribution in [3.63, 3.8) is 0 Å². The first-order valence-corrected chi connectivity index (χ1v) is 7.60. The van der Waals surface area contributed by atoms with Gasteiger partial charge in [-0.3, -0.25) is 0 Å². The van der Waals surface area contributed by atoms with Crippen molar-refractivity contribution in [3.05, 3.63) is 34.9 Å². The molecule has 0 radical (unpaired) electrons. The maximum absolute atomic E-state index is 6.21. The molecule has 2 N–H and O–H groups in total. The third kappa shape index (κ3) is 4.99. The summed E-state index contributed by atoms with van der Waals surface area (Å²) in [7, 11) is 0. The first kappa shape index (κ1) is 16.2. The van der Waals surface area contributed by atoms with Gasteiger partial charge in [0.2, 0.25) is 0 Å². The van der Waals surface area contributed by atoms with Gasteiger partial charge in [0.05, 0.1) is 0 Å². The molecule has 108 valence electrons. The lowest BCUT2D eigenvalue weighted by Crippen LogP contribution is -2.24. The van der Waals surface area contributed by atoms with Gasteiger partial charge in [-0.2, -0.15) is 0 Å². The SMILES string of the molecule is CC[C@H](N)Cc1c(CC(C)(C)C)cccc1C(C)C. The van der Waals surface area contributed by atoms with Gasteiger partial charge in [0.25, 0.3) is 0 Å². The van der Waals surface area contributed by atoms with Crippen LogP contribution >= 0.6 is 0 Å². The highest BCUT2D eigenvalue weighted by molar-refractivity contribution is 5.38. The molecule has 1 aromatic carbocycles. The minimum atomic E-state index is 0.276. The predicted molar refractivity (Wildman–Crippen MR) is 85.7 cm³/mol. The van der Waals surface area contributed by atoms with E-state index in [9.17, 15) is 0 Å². The van der Waals surface area contributed by atoms with Crippen molar-refractivity contribution in [2.45, 2.75) is 72.8 Å². The fourth-order valence-corrected chi connectivity index (χ4v) is 2.59. The second-order valence-corrected chi connectivity index (χ2v) is 7.25. The van der Waals surface area contributed by atoms with Gasteiger partial charge in [-0.25, -0.2) is 0 Å². The van der Waals surface area contributed by atoms with E-state index in [0.717, 1.165) is 19.3 Å². The Balaban J connectivity index is 3.18. The van der Waals surface area contributed by atoms with Crippen LogP contribution in [0.3, 0.4) is 0 Å². The van der Waals surface area contributed by atoms with E-state index in [-0.39, 0.29) is 6.04 Å². The second kappa shape index (κ2) is 6.56. The predicted octanol–water partition coefficient (Wildman–Crippen LogP) is 4.68. The van der Waals surface area contributed by atoms with Crippen LogP contribution in [0.5, 0.6) is 0 Å². The number of hydrogen-bond donors (Lipinski definition) is 1. The summed E-state index contributed by atoms with van der Waals surface area (Å²) >= 11 is 0. The molecule has 0 aromatic heterocycles. The topological polar surface area (TPSA) is 26.0 Å². The molecule has 0 aliphatic carbocycles. The van der Waals surface area contributed by atoms with Crippen molar-refractivity contribution >= 4 is 0 Å². The van der Waals surface area contributed by atoms with Crippen molar-refractivity contribution in [1.29, 1.82) is 0 Å². The number of benzene rings is 1. The molecule has 0 bridgehead atoms. The zero-order valence-corrected chi connectivity index (χ0v) is 13.6. The molecular formula is C18H31N. The average molecular weight is 261 g/mol. The van der Waals surface area contributed by atoms with Crippen molar-refractivity contribution in [3.8, 4) is 0 Å². The molecule has 0 fully saturated rings. The van der Waals surface area contributed by atoms with Gasteiger partial charge in [0, 0.05) is 6.04 Å². The van der Waals surface area contributed by atoms with E-state index in [0.29, 0.717) is 11.3 Å². The maximum Gasteiger partial charge on any atom is 0.00769 e. The zero-order valence-electron chi connectivity index (χ0n) is 13.6. The van der Waals surface area contributed by atoms with Crippen LogP contribution < -0.4 is 5.73 Å². The fraction of sp³-hybridized carbons (Fsp3) is 0.667. The molecule has 0 amide bonds. The lowest BCUT2D eigenvalue weighted by molar-refractivity contribution is 0.409. The summed E-state index contributed by atoms with van der Waals surface area (Å²) in [4.78, 5) is 0. The van der Waals surface area contributed by atoms with Crippen LogP contribution in [0.25, 0.3) is 0 Å². The van der Waals surface area contributed by atoms with Crippen LogP contribution in [0.1, 0.15) is 70.6 Å². The van der Waals surface area contributed by atoms with Crippen LogP contribution in [0.15, 0.2) is 18.2 Å². The van der Waals surface area contributed by atoms with Crippen molar-refractivity contribution < 1.29 is 0 Å². The molecule has 1 atom stereocenters. The molecule has 0 heterocycles. The molecule has 0 aliphatic rings. The quantitative estimate of drug-likeness (QED) is 0.818. The van der Waals surface area contributed by atoms with E-state index in [1.807, 2.05) is 0 Å². The van der Waals surface area contributed by atoms with E-state index >= 15 is 0 Å². The van der Waals surface area contributed by atoms with Gasteiger partial charge in [0.1, 0.15) is 0 Å². The molecule has 1 nitrogen and oxygen atoms in total. The van der Waals surface area contributed by atoms with Gasteiger partial charge in [-0.15, -0.1) is 0 Å². The Morgan fingerprint density at radius 1 is 1.16 bits per heavy atom. The minimum absolute atomic E-state index is 0.276.